The van der Waals surface area contributed by atoms with E-state index in [1.54, 1.807) is 18.2 Å². The van der Waals surface area contributed by atoms with Gasteiger partial charge in [-0.15, -0.1) is 0 Å². The third-order valence-corrected chi connectivity index (χ3v) is 8.07. The van der Waals surface area contributed by atoms with Gasteiger partial charge in [-0.2, -0.15) is 0 Å². The first kappa shape index (κ1) is 27.6. The summed E-state index contributed by atoms with van der Waals surface area (Å²) in [6.45, 7) is 13.1. The third kappa shape index (κ3) is 4.84. The highest BCUT2D eigenvalue weighted by Gasteiger charge is 2.16. The Kier molecular flexibility index (Phi) is 6.60. The normalized spacial score (nSPS) is 11.2. The van der Waals surface area contributed by atoms with E-state index in [0.29, 0.717) is 28.5 Å². The lowest BCUT2D eigenvalue weighted by Gasteiger charge is -2.07. The summed E-state index contributed by atoms with van der Waals surface area (Å²) in [6, 6.07) is 26.7. The second-order valence-corrected chi connectivity index (χ2v) is 11.0. The largest absolute Gasteiger partial charge is 0.338 e. The fraction of sp³-hybridized carbons (Fsp3) is 0.0833. The minimum Gasteiger partial charge on any atom is -0.338 e. The molecule has 0 radical (unpaired) electrons. The van der Waals surface area contributed by atoms with Crippen LogP contribution in [-0.2, 0) is 0 Å². The van der Waals surface area contributed by atoms with Crippen molar-refractivity contribution in [3.63, 3.8) is 0 Å². The van der Waals surface area contributed by atoms with Crippen molar-refractivity contribution < 1.29 is 0 Å². The number of aromatic nitrogens is 6. The number of aromatic amines is 4. The summed E-state index contributed by atoms with van der Waals surface area (Å²) in [5.74, 6) is 1.16. The molecule has 0 aliphatic rings. The van der Waals surface area contributed by atoms with Gasteiger partial charge < -0.3 is 19.9 Å². The highest BCUT2D eigenvalue weighted by Crippen LogP contribution is 2.29. The summed E-state index contributed by atoms with van der Waals surface area (Å²) < 4.78 is 0. The molecule has 0 atom stereocenters. The molecule has 8 rings (SSSR count). The van der Waals surface area contributed by atoms with E-state index < -0.39 is 0 Å². The fourth-order valence-electron chi connectivity index (χ4n) is 5.79. The van der Waals surface area contributed by atoms with E-state index in [1.165, 1.54) is 5.56 Å². The van der Waals surface area contributed by atoms with Crippen LogP contribution in [0.3, 0.4) is 0 Å². The minimum atomic E-state index is -0.190. The number of hydrogen-bond acceptors (Lipinski definition) is 4. The summed E-state index contributed by atoms with van der Waals surface area (Å²) in [5.41, 5.74) is 9.35. The molecule has 4 aromatic heterocycles. The lowest BCUT2D eigenvalue weighted by atomic mass is 10.0. The Hall–Kier alpha value is -6.27. The van der Waals surface area contributed by atoms with E-state index in [4.69, 9.17) is 6.57 Å². The summed E-state index contributed by atoms with van der Waals surface area (Å²) >= 11 is 0. The van der Waals surface area contributed by atoms with Gasteiger partial charge in [-0.1, -0.05) is 42.0 Å². The van der Waals surface area contributed by atoms with Gasteiger partial charge >= 0.3 is 0 Å². The van der Waals surface area contributed by atoms with Crippen LogP contribution in [-0.4, -0.2) is 29.9 Å². The zero-order valence-corrected chi connectivity index (χ0v) is 24.7. The molecule has 0 fully saturated rings. The molecule has 0 aliphatic carbocycles. The van der Waals surface area contributed by atoms with E-state index in [1.807, 2.05) is 81.4 Å². The Morgan fingerprint density at radius 3 is 1.58 bits per heavy atom. The molecule has 0 saturated carbocycles. The maximum Gasteiger partial charge on any atom is 0.259 e. The van der Waals surface area contributed by atoms with Gasteiger partial charge in [-0.25, -0.2) is 14.8 Å². The standard InChI is InChI=1S/C18H12N4O.C18H15N3O/c1-10-12-9-11(19-2)7-8-13(12)22-18(23)16(10)17-20-14-5-3-4-6-15(14)21-17;1-10-7-8-13-12(9-10)11(2)16(18(22)21-13)17-19-14-5-3-4-6-15(14)20-17/h3-9H,1H3,(H,20,21)(H,22,23);3-9H,1-2H3,(H,19,20)(H,21,22). The molecule has 0 bridgehead atoms. The van der Waals surface area contributed by atoms with Gasteiger partial charge in [-0.05, 0) is 85.8 Å². The van der Waals surface area contributed by atoms with E-state index in [-0.39, 0.29) is 11.1 Å². The SMILES string of the molecule is Cc1ccc2[nH]c(=O)c(-c3nc4ccccc4[nH]3)c(C)c2c1.[C-]#[N+]c1ccc2[nH]c(=O)c(-c3nc4ccccc4[nH]3)c(C)c2c1. The van der Waals surface area contributed by atoms with Crippen molar-refractivity contribution >= 4 is 49.6 Å². The van der Waals surface area contributed by atoms with Gasteiger partial charge in [-0.3, -0.25) is 9.59 Å². The van der Waals surface area contributed by atoms with Gasteiger partial charge in [0, 0.05) is 16.4 Å². The topological polar surface area (TPSA) is 127 Å². The second kappa shape index (κ2) is 10.8. The second-order valence-electron chi connectivity index (χ2n) is 11.0. The number of fused-ring (bicyclic) bond motifs is 4. The molecule has 0 amide bonds. The number of benzene rings is 4. The molecule has 0 spiro atoms. The minimum absolute atomic E-state index is 0.118. The summed E-state index contributed by atoms with van der Waals surface area (Å²) in [6.07, 6.45) is 0. The maximum absolute atomic E-state index is 12.5. The Morgan fingerprint density at radius 1 is 0.578 bits per heavy atom. The van der Waals surface area contributed by atoms with Crippen molar-refractivity contribution in [1.82, 2.24) is 29.9 Å². The molecule has 4 N–H and O–H groups in total. The van der Waals surface area contributed by atoms with Gasteiger partial charge in [0.15, 0.2) is 5.69 Å². The Bertz CT molecular complexity index is 2530. The van der Waals surface area contributed by atoms with Crippen LogP contribution in [0.15, 0.2) is 94.5 Å². The van der Waals surface area contributed by atoms with Crippen molar-refractivity contribution in [1.29, 1.82) is 0 Å². The maximum atomic E-state index is 12.5. The van der Waals surface area contributed by atoms with Crippen LogP contribution in [0, 0.1) is 27.3 Å². The Morgan fingerprint density at radius 2 is 1.07 bits per heavy atom. The van der Waals surface area contributed by atoms with Crippen LogP contribution in [0.5, 0.6) is 0 Å². The van der Waals surface area contributed by atoms with E-state index in [9.17, 15) is 9.59 Å². The average Bonchev–Trinajstić information content (AvgIpc) is 3.66. The molecule has 0 saturated heterocycles. The number of imidazole rings is 2. The highest BCUT2D eigenvalue weighted by molar-refractivity contribution is 5.91. The Labute approximate surface area is 256 Å². The van der Waals surface area contributed by atoms with Crippen LogP contribution in [0.25, 0.3) is 71.5 Å². The number of aryl methyl sites for hydroxylation is 3. The number of nitrogens with zero attached hydrogens (tertiary/aromatic N) is 3. The molecule has 45 heavy (non-hydrogen) atoms. The molecule has 8 aromatic rings. The van der Waals surface area contributed by atoms with Crippen LogP contribution in [0.1, 0.15) is 16.7 Å². The number of H-pyrrole nitrogens is 4. The quantitative estimate of drug-likeness (QED) is 0.155. The number of hydrogen-bond donors (Lipinski definition) is 4. The molecular weight excluding hydrogens is 562 g/mol. The first-order chi connectivity index (χ1) is 21.8. The predicted octanol–water partition coefficient (Wildman–Crippen LogP) is 7.62. The van der Waals surface area contributed by atoms with Crippen molar-refractivity contribution in [2.24, 2.45) is 0 Å². The van der Waals surface area contributed by atoms with Gasteiger partial charge in [0.2, 0.25) is 0 Å². The number of nitrogens with one attached hydrogen (secondary N) is 4. The summed E-state index contributed by atoms with van der Waals surface area (Å²) in [4.78, 5) is 49.8. The Balaban J connectivity index is 0.000000145. The molecule has 9 heteroatoms. The molecule has 9 nitrogen and oxygen atoms in total. The zero-order chi connectivity index (χ0) is 31.2. The van der Waals surface area contributed by atoms with Crippen LogP contribution in [0.4, 0.5) is 5.69 Å². The molecule has 218 valence electrons. The third-order valence-electron chi connectivity index (χ3n) is 8.07. The monoisotopic (exact) mass is 589 g/mol. The first-order valence-corrected chi connectivity index (χ1v) is 14.4. The molecule has 4 heterocycles. The van der Waals surface area contributed by atoms with Crippen LogP contribution in [0.2, 0.25) is 0 Å². The van der Waals surface area contributed by atoms with Crippen molar-refractivity contribution in [3.05, 3.63) is 134 Å². The van der Waals surface area contributed by atoms with E-state index in [2.05, 4.69) is 40.8 Å². The molecule has 4 aromatic carbocycles. The van der Waals surface area contributed by atoms with Crippen molar-refractivity contribution in [2.75, 3.05) is 0 Å². The van der Waals surface area contributed by atoms with E-state index >= 15 is 0 Å². The van der Waals surface area contributed by atoms with E-state index in [0.717, 1.165) is 55.0 Å². The number of rotatable bonds is 2. The van der Waals surface area contributed by atoms with Crippen molar-refractivity contribution in [2.45, 2.75) is 20.8 Å². The highest BCUT2D eigenvalue weighted by atomic mass is 16.1. The van der Waals surface area contributed by atoms with Crippen molar-refractivity contribution in [3.8, 4) is 22.8 Å². The average molecular weight is 590 g/mol. The lowest BCUT2D eigenvalue weighted by molar-refractivity contribution is 1.22. The molecule has 0 unspecified atom stereocenters. The number of pyridine rings is 2. The zero-order valence-electron chi connectivity index (χ0n) is 24.7. The van der Waals surface area contributed by atoms with Gasteiger partial charge in [0.05, 0.1) is 39.8 Å². The smallest absolute Gasteiger partial charge is 0.259 e. The fourth-order valence-corrected chi connectivity index (χ4v) is 5.79. The predicted molar refractivity (Wildman–Crippen MR) is 180 cm³/mol. The molecular formula is C36H27N7O2. The van der Waals surface area contributed by atoms with Crippen LogP contribution >= 0.6 is 0 Å². The van der Waals surface area contributed by atoms with Gasteiger partial charge in [0.1, 0.15) is 11.6 Å². The summed E-state index contributed by atoms with van der Waals surface area (Å²) in [7, 11) is 0. The lowest BCUT2D eigenvalue weighted by Crippen LogP contribution is -2.12. The number of para-hydroxylation sites is 4. The van der Waals surface area contributed by atoms with Crippen LogP contribution < -0.4 is 11.1 Å². The first-order valence-electron chi connectivity index (χ1n) is 14.4. The van der Waals surface area contributed by atoms with Gasteiger partial charge in [0.25, 0.3) is 11.1 Å². The summed E-state index contributed by atoms with van der Waals surface area (Å²) in [5, 5.41) is 1.91. The molecule has 0 aliphatic heterocycles.